The molecule has 1 heterocycles. The summed E-state index contributed by atoms with van der Waals surface area (Å²) in [5, 5.41) is 3.53. The summed E-state index contributed by atoms with van der Waals surface area (Å²) >= 11 is 0. The summed E-state index contributed by atoms with van der Waals surface area (Å²) in [5.74, 6) is 1.89. The van der Waals surface area contributed by atoms with Crippen LogP contribution in [0.1, 0.15) is 26.7 Å². The number of hydrogen-bond acceptors (Lipinski definition) is 1. The molecule has 2 aliphatic rings. The van der Waals surface area contributed by atoms with Crippen LogP contribution in [0.2, 0.25) is 0 Å². The standard InChI is InChI=1S/C8H15N/c1-6(2)7-5-9-8(7)3-4-8/h6-7,9H,3-5H2,1-2H3/t7-/m1/s1. The van der Waals surface area contributed by atoms with E-state index in [1.807, 2.05) is 0 Å². The molecule has 0 aromatic rings. The molecule has 1 N–H and O–H groups in total. The van der Waals surface area contributed by atoms with Crippen molar-refractivity contribution in [3.63, 3.8) is 0 Å². The van der Waals surface area contributed by atoms with E-state index in [9.17, 15) is 0 Å². The van der Waals surface area contributed by atoms with Gasteiger partial charge in [-0.1, -0.05) is 13.8 Å². The Labute approximate surface area is 56.8 Å². The third kappa shape index (κ3) is 0.644. The third-order valence-electron chi connectivity index (χ3n) is 2.98. The molecule has 0 bridgehead atoms. The molecule has 2 fully saturated rings. The quantitative estimate of drug-likeness (QED) is 0.558. The van der Waals surface area contributed by atoms with Gasteiger partial charge in [-0.2, -0.15) is 0 Å². The van der Waals surface area contributed by atoms with Crippen molar-refractivity contribution in [2.24, 2.45) is 11.8 Å². The highest BCUT2D eigenvalue weighted by Crippen LogP contribution is 2.50. The van der Waals surface area contributed by atoms with Gasteiger partial charge in [0.1, 0.15) is 0 Å². The summed E-state index contributed by atoms with van der Waals surface area (Å²) in [4.78, 5) is 0. The number of rotatable bonds is 1. The largest absolute Gasteiger partial charge is 0.311 e. The SMILES string of the molecule is CC(C)[C@H]1CNC12CC2. The molecule has 1 saturated heterocycles. The Morgan fingerprint density at radius 3 is 2.22 bits per heavy atom. The first-order valence-corrected chi connectivity index (χ1v) is 4.00. The van der Waals surface area contributed by atoms with Crippen LogP contribution in [0.3, 0.4) is 0 Å². The van der Waals surface area contributed by atoms with E-state index >= 15 is 0 Å². The van der Waals surface area contributed by atoms with Gasteiger partial charge in [0.05, 0.1) is 0 Å². The lowest BCUT2D eigenvalue weighted by Crippen LogP contribution is -2.57. The molecule has 1 heteroatoms. The molecule has 1 spiro atoms. The van der Waals surface area contributed by atoms with Gasteiger partial charge in [0.25, 0.3) is 0 Å². The van der Waals surface area contributed by atoms with E-state index in [0.717, 1.165) is 11.8 Å². The summed E-state index contributed by atoms with van der Waals surface area (Å²) in [6.45, 7) is 5.95. The number of hydrogen-bond donors (Lipinski definition) is 1. The molecule has 1 aliphatic carbocycles. The van der Waals surface area contributed by atoms with E-state index < -0.39 is 0 Å². The third-order valence-corrected chi connectivity index (χ3v) is 2.98. The fourth-order valence-electron chi connectivity index (χ4n) is 2.06. The van der Waals surface area contributed by atoms with Crippen molar-refractivity contribution in [1.82, 2.24) is 5.32 Å². The van der Waals surface area contributed by atoms with Crippen molar-refractivity contribution in [3.8, 4) is 0 Å². The van der Waals surface area contributed by atoms with Gasteiger partial charge in [0, 0.05) is 12.1 Å². The second-order valence-electron chi connectivity index (χ2n) is 3.89. The zero-order chi connectivity index (χ0) is 6.48. The Hall–Kier alpha value is -0.0400. The Morgan fingerprint density at radius 1 is 1.44 bits per heavy atom. The summed E-state index contributed by atoms with van der Waals surface area (Å²) in [6, 6.07) is 0. The lowest BCUT2D eigenvalue weighted by atomic mass is 9.80. The second kappa shape index (κ2) is 1.51. The molecule has 1 saturated carbocycles. The highest BCUT2D eigenvalue weighted by Gasteiger charge is 2.56. The first-order valence-electron chi connectivity index (χ1n) is 4.00. The number of nitrogens with one attached hydrogen (secondary N) is 1. The molecule has 52 valence electrons. The van der Waals surface area contributed by atoms with Crippen molar-refractivity contribution < 1.29 is 0 Å². The second-order valence-corrected chi connectivity index (χ2v) is 3.89. The van der Waals surface area contributed by atoms with Crippen LogP contribution in [-0.4, -0.2) is 12.1 Å². The summed E-state index contributed by atoms with van der Waals surface area (Å²) in [7, 11) is 0. The van der Waals surface area contributed by atoms with Gasteiger partial charge in [-0.25, -0.2) is 0 Å². The van der Waals surface area contributed by atoms with Crippen molar-refractivity contribution in [2.45, 2.75) is 32.2 Å². The van der Waals surface area contributed by atoms with Crippen LogP contribution >= 0.6 is 0 Å². The van der Waals surface area contributed by atoms with Gasteiger partial charge < -0.3 is 5.32 Å². The molecule has 9 heavy (non-hydrogen) atoms. The van der Waals surface area contributed by atoms with Gasteiger partial charge in [0.15, 0.2) is 0 Å². The first-order chi connectivity index (χ1) is 4.25. The predicted molar refractivity (Wildman–Crippen MR) is 38.3 cm³/mol. The van der Waals surface area contributed by atoms with Crippen LogP contribution in [0, 0.1) is 11.8 Å². The summed E-state index contributed by atoms with van der Waals surface area (Å²) in [5.41, 5.74) is 0.661. The zero-order valence-electron chi connectivity index (χ0n) is 6.28. The van der Waals surface area contributed by atoms with Crippen molar-refractivity contribution in [2.75, 3.05) is 6.54 Å². The van der Waals surface area contributed by atoms with E-state index in [-0.39, 0.29) is 0 Å². The molecular weight excluding hydrogens is 110 g/mol. The normalized spacial score (nSPS) is 37.0. The fraction of sp³-hybridized carbons (Fsp3) is 1.00. The Kier molecular flexibility index (Phi) is 0.963. The predicted octanol–water partition coefficient (Wildman–Crippen LogP) is 1.39. The Balaban J connectivity index is 1.99. The molecule has 1 nitrogen and oxygen atoms in total. The lowest BCUT2D eigenvalue weighted by Gasteiger charge is -2.41. The first kappa shape index (κ1) is 5.72. The monoisotopic (exact) mass is 125 g/mol. The van der Waals surface area contributed by atoms with Crippen LogP contribution < -0.4 is 5.32 Å². The van der Waals surface area contributed by atoms with Crippen molar-refractivity contribution in [1.29, 1.82) is 0 Å². The molecule has 0 radical (unpaired) electrons. The summed E-state index contributed by atoms with van der Waals surface area (Å²) < 4.78 is 0. The van der Waals surface area contributed by atoms with Gasteiger partial charge in [-0.15, -0.1) is 0 Å². The minimum absolute atomic E-state index is 0.661. The minimum atomic E-state index is 0.661. The van der Waals surface area contributed by atoms with Crippen molar-refractivity contribution >= 4 is 0 Å². The highest BCUT2D eigenvalue weighted by atomic mass is 15.1. The highest BCUT2D eigenvalue weighted by molar-refractivity contribution is 5.14. The maximum atomic E-state index is 3.53. The van der Waals surface area contributed by atoms with E-state index in [2.05, 4.69) is 19.2 Å². The molecule has 0 aromatic carbocycles. The maximum Gasteiger partial charge on any atom is 0.0225 e. The average Bonchev–Trinajstić information content (AvgIpc) is 2.37. The average molecular weight is 125 g/mol. The molecule has 1 atom stereocenters. The fourth-order valence-corrected chi connectivity index (χ4v) is 2.06. The van der Waals surface area contributed by atoms with E-state index in [4.69, 9.17) is 0 Å². The Morgan fingerprint density at radius 2 is 2.11 bits per heavy atom. The van der Waals surface area contributed by atoms with Crippen LogP contribution in [-0.2, 0) is 0 Å². The lowest BCUT2D eigenvalue weighted by molar-refractivity contribution is 0.152. The minimum Gasteiger partial charge on any atom is -0.311 e. The van der Waals surface area contributed by atoms with Crippen LogP contribution in [0.4, 0.5) is 0 Å². The van der Waals surface area contributed by atoms with Gasteiger partial charge in [-0.05, 0) is 24.7 Å². The van der Waals surface area contributed by atoms with Gasteiger partial charge >= 0.3 is 0 Å². The van der Waals surface area contributed by atoms with E-state index in [0.29, 0.717) is 5.54 Å². The molecule has 0 amide bonds. The van der Waals surface area contributed by atoms with Crippen LogP contribution in [0.15, 0.2) is 0 Å². The molecule has 0 aromatic heterocycles. The van der Waals surface area contributed by atoms with E-state index in [1.54, 1.807) is 0 Å². The Bertz CT molecular complexity index is 125. The molecular formula is C8H15N. The van der Waals surface area contributed by atoms with Crippen LogP contribution in [0.5, 0.6) is 0 Å². The maximum absolute atomic E-state index is 3.53. The topological polar surface area (TPSA) is 12.0 Å². The smallest absolute Gasteiger partial charge is 0.0225 e. The zero-order valence-corrected chi connectivity index (χ0v) is 6.28. The molecule has 0 unspecified atom stereocenters. The molecule has 1 aliphatic heterocycles. The van der Waals surface area contributed by atoms with Crippen LogP contribution in [0.25, 0.3) is 0 Å². The van der Waals surface area contributed by atoms with E-state index in [1.165, 1.54) is 19.4 Å². The molecule has 2 rings (SSSR count). The van der Waals surface area contributed by atoms with Gasteiger partial charge in [-0.3, -0.25) is 0 Å². The van der Waals surface area contributed by atoms with Gasteiger partial charge in [0.2, 0.25) is 0 Å². The summed E-state index contributed by atoms with van der Waals surface area (Å²) in [6.07, 6.45) is 2.88. The van der Waals surface area contributed by atoms with Crippen molar-refractivity contribution in [3.05, 3.63) is 0 Å².